The lowest BCUT2D eigenvalue weighted by atomic mass is 10.2. The smallest absolute Gasteiger partial charge is 0.0755 e. The van der Waals surface area contributed by atoms with E-state index in [1.54, 1.807) is 0 Å². The van der Waals surface area contributed by atoms with E-state index in [0.29, 0.717) is 0 Å². The zero-order valence-corrected chi connectivity index (χ0v) is 12.0. The summed E-state index contributed by atoms with van der Waals surface area (Å²) in [6, 6.07) is 0. The van der Waals surface area contributed by atoms with Gasteiger partial charge in [-0.1, -0.05) is 46.5 Å². The standard InChI is InChI=1S/C8H19N.C6H12O2/c1-3-5-7-9-8-6-4-2;1-2-3-4-5-6(7)8/h9H,3-8H2,1-2H3;2-5H2,1H3,(H,7,8). The van der Waals surface area contributed by atoms with Crippen molar-refractivity contribution in [2.45, 2.75) is 72.1 Å². The van der Waals surface area contributed by atoms with E-state index in [0.717, 1.165) is 19.3 Å². The minimum atomic E-state index is -0.932. The number of hydrogen-bond donors (Lipinski definition) is 1. The molecule has 0 atom stereocenters. The molecule has 0 heterocycles. The van der Waals surface area contributed by atoms with Crippen LogP contribution in [0.25, 0.3) is 0 Å². The van der Waals surface area contributed by atoms with Crippen molar-refractivity contribution in [3.63, 3.8) is 0 Å². The maximum Gasteiger partial charge on any atom is 0.0755 e. The van der Waals surface area contributed by atoms with Gasteiger partial charge in [0.1, 0.15) is 0 Å². The number of quaternary nitrogens is 1. The van der Waals surface area contributed by atoms with Gasteiger partial charge in [0, 0.05) is 5.97 Å². The van der Waals surface area contributed by atoms with E-state index in [2.05, 4.69) is 19.2 Å². The number of carboxylic acid groups (broad SMARTS) is 1. The lowest BCUT2D eigenvalue weighted by molar-refractivity contribution is -0.655. The van der Waals surface area contributed by atoms with Crippen molar-refractivity contribution < 1.29 is 15.2 Å². The number of unbranched alkanes of at least 4 members (excludes halogenated alkanes) is 4. The highest BCUT2D eigenvalue weighted by Gasteiger charge is 1.87. The van der Waals surface area contributed by atoms with Crippen LogP contribution in [0.15, 0.2) is 0 Å². The maximum absolute atomic E-state index is 9.76. The third-order valence-electron chi connectivity index (χ3n) is 2.51. The first-order valence-corrected chi connectivity index (χ1v) is 7.20. The highest BCUT2D eigenvalue weighted by atomic mass is 16.4. The van der Waals surface area contributed by atoms with Gasteiger partial charge in [-0.3, -0.25) is 0 Å². The summed E-state index contributed by atoms with van der Waals surface area (Å²) in [6.45, 7) is 9.18. The summed E-state index contributed by atoms with van der Waals surface area (Å²) in [6.07, 6.45) is 8.46. The molecule has 0 aromatic rings. The first kappa shape index (κ1) is 18.8. The van der Waals surface area contributed by atoms with E-state index < -0.39 is 5.97 Å². The van der Waals surface area contributed by atoms with E-state index in [4.69, 9.17) is 0 Å². The van der Waals surface area contributed by atoms with Crippen LogP contribution in [0, 0.1) is 0 Å². The van der Waals surface area contributed by atoms with E-state index in [9.17, 15) is 9.90 Å². The summed E-state index contributed by atoms with van der Waals surface area (Å²) >= 11 is 0. The lowest BCUT2D eigenvalue weighted by Crippen LogP contribution is -2.84. The molecule has 0 fully saturated rings. The molecule has 104 valence electrons. The highest BCUT2D eigenvalue weighted by molar-refractivity contribution is 5.63. The molecule has 0 unspecified atom stereocenters. The zero-order chi connectivity index (χ0) is 13.4. The first-order valence-electron chi connectivity index (χ1n) is 7.20. The summed E-state index contributed by atoms with van der Waals surface area (Å²) in [4.78, 5) is 9.76. The normalized spacial score (nSPS) is 9.59. The minimum absolute atomic E-state index is 0.216. The number of carbonyl (C=O) groups excluding carboxylic acids is 1. The molecule has 0 saturated carbocycles. The monoisotopic (exact) mass is 245 g/mol. The summed E-state index contributed by atoms with van der Waals surface area (Å²) < 4.78 is 0. The topological polar surface area (TPSA) is 56.7 Å². The van der Waals surface area contributed by atoms with Gasteiger partial charge in [0.05, 0.1) is 13.1 Å². The van der Waals surface area contributed by atoms with Gasteiger partial charge in [-0.15, -0.1) is 0 Å². The van der Waals surface area contributed by atoms with Crippen molar-refractivity contribution >= 4 is 5.97 Å². The summed E-state index contributed by atoms with van der Waals surface area (Å²) in [5, 5.41) is 12.2. The van der Waals surface area contributed by atoms with E-state index in [-0.39, 0.29) is 6.42 Å². The summed E-state index contributed by atoms with van der Waals surface area (Å²) in [5.41, 5.74) is 0. The van der Waals surface area contributed by atoms with Crippen LogP contribution in [-0.4, -0.2) is 19.1 Å². The van der Waals surface area contributed by atoms with Crippen molar-refractivity contribution in [1.82, 2.24) is 0 Å². The Kier molecular flexibility index (Phi) is 19.7. The van der Waals surface area contributed by atoms with Crippen LogP contribution in [0.5, 0.6) is 0 Å². The Labute approximate surface area is 107 Å². The van der Waals surface area contributed by atoms with E-state index in [1.807, 2.05) is 6.92 Å². The van der Waals surface area contributed by atoms with Gasteiger partial charge < -0.3 is 15.2 Å². The fourth-order valence-electron chi connectivity index (χ4n) is 1.36. The number of nitrogens with two attached hydrogens (primary N) is 1. The van der Waals surface area contributed by atoms with Crippen LogP contribution < -0.4 is 10.4 Å². The quantitative estimate of drug-likeness (QED) is 0.593. The van der Waals surface area contributed by atoms with Gasteiger partial charge in [-0.05, 0) is 25.7 Å². The van der Waals surface area contributed by atoms with Gasteiger partial charge in [0.15, 0.2) is 0 Å². The van der Waals surface area contributed by atoms with Gasteiger partial charge in [0.2, 0.25) is 0 Å². The number of hydrogen-bond acceptors (Lipinski definition) is 2. The Balaban J connectivity index is 0. The average Bonchev–Trinajstić information content (AvgIpc) is 2.30. The van der Waals surface area contributed by atoms with Crippen LogP contribution in [-0.2, 0) is 4.79 Å². The Bertz CT molecular complexity index is 143. The third kappa shape index (κ3) is 25.6. The number of carboxylic acids is 1. The second-order valence-corrected chi connectivity index (χ2v) is 4.40. The predicted octanol–water partition coefficient (Wildman–Crippen LogP) is 1.47. The van der Waals surface area contributed by atoms with Gasteiger partial charge in [0.25, 0.3) is 0 Å². The Morgan fingerprint density at radius 3 is 1.71 bits per heavy atom. The largest absolute Gasteiger partial charge is 0.550 e. The number of carbonyl (C=O) groups is 1. The molecule has 17 heavy (non-hydrogen) atoms. The van der Waals surface area contributed by atoms with Crippen molar-refractivity contribution in [1.29, 1.82) is 0 Å². The van der Waals surface area contributed by atoms with Crippen molar-refractivity contribution in [2.75, 3.05) is 13.1 Å². The Hall–Kier alpha value is -0.570. The molecule has 3 nitrogen and oxygen atoms in total. The molecule has 3 heteroatoms. The lowest BCUT2D eigenvalue weighted by Gasteiger charge is -1.97. The van der Waals surface area contributed by atoms with E-state index >= 15 is 0 Å². The molecule has 0 rings (SSSR count). The van der Waals surface area contributed by atoms with Crippen molar-refractivity contribution in [3.8, 4) is 0 Å². The fraction of sp³-hybridized carbons (Fsp3) is 0.929. The van der Waals surface area contributed by atoms with Crippen molar-refractivity contribution in [3.05, 3.63) is 0 Å². The van der Waals surface area contributed by atoms with Crippen LogP contribution in [0.1, 0.15) is 72.1 Å². The van der Waals surface area contributed by atoms with Gasteiger partial charge >= 0.3 is 0 Å². The molecule has 0 bridgehead atoms. The van der Waals surface area contributed by atoms with Crippen LogP contribution in [0.4, 0.5) is 0 Å². The highest BCUT2D eigenvalue weighted by Crippen LogP contribution is 1.96. The molecule has 2 N–H and O–H groups in total. The molecule has 0 aromatic heterocycles. The maximum atomic E-state index is 9.76. The van der Waals surface area contributed by atoms with Crippen LogP contribution in [0.2, 0.25) is 0 Å². The molecular weight excluding hydrogens is 214 g/mol. The van der Waals surface area contributed by atoms with Gasteiger partial charge in [-0.25, -0.2) is 0 Å². The molecule has 0 spiro atoms. The summed E-state index contributed by atoms with van der Waals surface area (Å²) in [7, 11) is 0. The molecule has 0 aliphatic carbocycles. The first-order chi connectivity index (χ1) is 8.18. The van der Waals surface area contributed by atoms with E-state index in [1.165, 1.54) is 38.8 Å². The average molecular weight is 245 g/mol. The second kappa shape index (κ2) is 17.8. The molecule has 0 aromatic carbocycles. The van der Waals surface area contributed by atoms with Crippen LogP contribution >= 0.6 is 0 Å². The molecular formula is C14H31NO2. The third-order valence-corrected chi connectivity index (χ3v) is 2.51. The predicted molar refractivity (Wildman–Crippen MR) is 70.6 cm³/mol. The number of aliphatic carboxylic acids is 1. The zero-order valence-electron chi connectivity index (χ0n) is 12.0. The Morgan fingerprint density at radius 2 is 1.35 bits per heavy atom. The SMILES string of the molecule is CCCCCC(=O)[O-].CCCC[NH2+]CCCC. The molecule has 0 aliphatic heterocycles. The molecule has 0 saturated heterocycles. The van der Waals surface area contributed by atoms with Crippen LogP contribution in [0.3, 0.4) is 0 Å². The molecule has 0 aliphatic rings. The molecule has 0 radical (unpaired) electrons. The minimum Gasteiger partial charge on any atom is -0.550 e. The van der Waals surface area contributed by atoms with Crippen molar-refractivity contribution in [2.24, 2.45) is 0 Å². The van der Waals surface area contributed by atoms with Gasteiger partial charge in [-0.2, -0.15) is 0 Å². The second-order valence-electron chi connectivity index (χ2n) is 4.40. The Morgan fingerprint density at radius 1 is 0.882 bits per heavy atom. The summed E-state index contributed by atoms with van der Waals surface area (Å²) in [5.74, 6) is -0.932. The number of rotatable bonds is 10. The molecule has 0 amide bonds. The fourth-order valence-corrected chi connectivity index (χ4v) is 1.36.